The Morgan fingerprint density at radius 2 is 1.92 bits per heavy atom. The molecule has 1 aliphatic heterocycles. The molecule has 7 nitrogen and oxygen atoms in total. The van der Waals surface area contributed by atoms with Crippen molar-refractivity contribution in [3.8, 4) is 0 Å². The fraction of sp³-hybridized carbons (Fsp3) is 0.529. The monoisotopic (exact) mass is 366 g/mol. The number of hydrogen-bond donors (Lipinski definition) is 2. The number of amides is 2. The molecule has 1 atom stereocenters. The summed E-state index contributed by atoms with van der Waals surface area (Å²) in [6.45, 7) is 7.94. The van der Waals surface area contributed by atoms with Gasteiger partial charge < -0.3 is 24.6 Å². The van der Waals surface area contributed by atoms with Crippen molar-refractivity contribution in [2.75, 3.05) is 19.6 Å². The Morgan fingerprint density at radius 1 is 1.27 bits per heavy atom. The van der Waals surface area contributed by atoms with Crippen molar-refractivity contribution < 1.29 is 28.8 Å². The van der Waals surface area contributed by atoms with Crippen LogP contribution in [-0.4, -0.2) is 70.2 Å². The Labute approximate surface area is 152 Å². The second-order valence-corrected chi connectivity index (χ2v) is 7.39. The summed E-state index contributed by atoms with van der Waals surface area (Å²) in [6, 6.07) is 3.18. The van der Waals surface area contributed by atoms with Gasteiger partial charge in [0.2, 0.25) is 0 Å². The number of rotatable bonds is 2. The molecule has 0 aliphatic carbocycles. The molecule has 0 bridgehead atoms. The largest absolute Gasteiger partial charge is 0.488 e. The van der Waals surface area contributed by atoms with Gasteiger partial charge in [0, 0.05) is 25.7 Å². The lowest BCUT2D eigenvalue weighted by molar-refractivity contribution is 0.00190. The number of carbonyl (C=O) groups excluding carboxylic acids is 2. The minimum Gasteiger partial charge on any atom is -0.444 e. The number of hydrogen-bond acceptors (Lipinski definition) is 5. The van der Waals surface area contributed by atoms with E-state index >= 15 is 0 Å². The van der Waals surface area contributed by atoms with E-state index in [1.165, 1.54) is 17.0 Å². The highest BCUT2D eigenvalue weighted by atomic mass is 19.1. The molecule has 0 spiro atoms. The summed E-state index contributed by atoms with van der Waals surface area (Å²) in [7, 11) is -1.80. The van der Waals surface area contributed by atoms with Crippen molar-refractivity contribution >= 4 is 24.6 Å². The van der Waals surface area contributed by atoms with Gasteiger partial charge in [0.25, 0.3) is 5.91 Å². The van der Waals surface area contributed by atoms with Crippen LogP contribution in [-0.2, 0) is 4.74 Å². The summed E-state index contributed by atoms with van der Waals surface area (Å²) < 4.78 is 19.5. The Morgan fingerprint density at radius 3 is 2.42 bits per heavy atom. The SMILES string of the molecule is CC1CN(C(=O)c2ccc(B(O)O)cc2F)CCN1C(=O)OC(C)(C)C. The van der Waals surface area contributed by atoms with E-state index in [-0.39, 0.29) is 36.7 Å². The second-order valence-electron chi connectivity index (χ2n) is 7.39. The van der Waals surface area contributed by atoms with Gasteiger partial charge >= 0.3 is 13.2 Å². The third-order valence-corrected chi connectivity index (χ3v) is 4.06. The Hall–Kier alpha value is -2.13. The van der Waals surface area contributed by atoms with E-state index in [0.29, 0.717) is 0 Å². The lowest BCUT2D eigenvalue weighted by Gasteiger charge is -2.40. The van der Waals surface area contributed by atoms with Gasteiger partial charge in [0.05, 0.1) is 5.56 Å². The lowest BCUT2D eigenvalue weighted by Crippen LogP contribution is -2.56. The maximum absolute atomic E-state index is 14.1. The summed E-state index contributed by atoms with van der Waals surface area (Å²) in [5.74, 6) is -1.32. The zero-order valence-corrected chi connectivity index (χ0v) is 15.4. The van der Waals surface area contributed by atoms with Crippen LogP contribution < -0.4 is 5.46 Å². The average Bonchev–Trinajstić information content (AvgIpc) is 2.52. The van der Waals surface area contributed by atoms with Gasteiger partial charge in [-0.15, -0.1) is 0 Å². The van der Waals surface area contributed by atoms with Crippen LogP contribution in [0.25, 0.3) is 0 Å². The molecule has 2 N–H and O–H groups in total. The van der Waals surface area contributed by atoms with Crippen LogP contribution in [0.3, 0.4) is 0 Å². The second kappa shape index (κ2) is 7.63. The first-order chi connectivity index (χ1) is 12.0. The van der Waals surface area contributed by atoms with Gasteiger partial charge in [-0.05, 0) is 45.3 Å². The van der Waals surface area contributed by atoms with Gasteiger partial charge in [-0.25, -0.2) is 9.18 Å². The highest BCUT2D eigenvalue weighted by Gasteiger charge is 2.33. The minimum absolute atomic E-state index is 0.0258. The molecule has 9 heteroatoms. The van der Waals surface area contributed by atoms with Crippen LogP contribution in [0.5, 0.6) is 0 Å². The third kappa shape index (κ3) is 4.73. The van der Waals surface area contributed by atoms with Crippen molar-refractivity contribution in [3.05, 3.63) is 29.6 Å². The molecular weight excluding hydrogens is 342 g/mol. The van der Waals surface area contributed by atoms with Crippen molar-refractivity contribution in [2.45, 2.75) is 39.3 Å². The lowest BCUT2D eigenvalue weighted by atomic mass is 9.80. The molecule has 1 aromatic rings. The van der Waals surface area contributed by atoms with Gasteiger partial charge in [-0.2, -0.15) is 0 Å². The number of benzene rings is 1. The van der Waals surface area contributed by atoms with Crippen molar-refractivity contribution in [1.29, 1.82) is 0 Å². The Bertz CT molecular complexity index is 692. The van der Waals surface area contributed by atoms with Gasteiger partial charge in [-0.3, -0.25) is 4.79 Å². The number of halogens is 1. The topological polar surface area (TPSA) is 90.3 Å². The van der Waals surface area contributed by atoms with Crippen molar-refractivity contribution in [2.24, 2.45) is 0 Å². The molecule has 0 aromatic heterocycles. The smallest absolute Gasteiger partial charge is 0.444 e. The molecule has 1 fully saturated rings. The van der Waals surface area contributed by atoms with Gasteiger partial charge in [0.15, 0.2) is 0 Å². The molecule has 1 saturated heterocycles. The van der Waals surface area contributed by atoms with Crippen LogP contribution in [0.15, 0.2) is 18.2 Å². The normalized spacial score (nSPS) is 17.9. The zero-order valence-electron chi connectivity index (χ0n) is 15.4. The summed E-state index contributed by atoms with van der Waals surface area (Å²) in [4.78, 5) is 27.8. The fourth-order valence-electron chi connectivity index (χ4n) is 2.77. The molecule has 2 amide bonds. The predicted octanol–water partition coefficient (Wildman–Crippen LogP) is 0.587. The highest BCUT2D eigenvalue weighted by Crippen LogP contribution is 2.18. The third-order valence-electron chi connectivity index (χ3n) is 4.06. The number of carbonyl (C=O) groups is 2. The summed E-state index contributed by atoms with van der Waals surface area (Å²) >= 11 is 0. The first kappa shape index (κ1) is 20.2. The molecule has 1 aliphatic rings. The molecule has 1 aromatic carbocycles. The summed E-state index contributed by atoms with van der Waals surface area (Å²) in [5.41, 5.74) is -0.777. The first-order valence-corrected chi connectivity index (χ1v) is 8.44. The van der Waals surface area contributed by atoms with Gasteiger partial charge in [-0.1, -0.05) is 6.07 Å². The van der Waals surface area contributed by atoms with E-state index in [2.05, 4.69) is 0 Å². The van der Waals surface area contributed by atoms with Crippen LogP contribution in [0.2, 0.25) is 0 Å². The fourth-order valence-corrected chi connectivity index (χ4v) is 2.77. The summed E-state index contributed by atoms with van der Waals surface area (Å²) in [6.07, 6.45) is -0.440. The molecule has 2 rings (SSSR count). The van der Waals surface area contributed by atoms with Crippen LogP contribution in [0, 0.1) is 5.82 Å². The van der Waals surface area contributed by atoms with E-state index in [4.69, 9.17) is 14.8 Å². The molecule has 0 saturated carbocycles. The standard InChI is InChI=1S/C17H24BFN2O5/c1-11-10-20(7-8-21(11)16(23)26-17(2,3)4)15(22)13-6-5-12(18(24)25)9-14(13)19/h5-6,9,11,24-25H,7-8,10H2,1-4H3. The van der Waals surface area contributed by atoms with E-state index in [0.717, 1.165) is 6.07 Å². The molecule has 0 radical (unpaired) electrons. The van der Waals surface area contributed by atoms with E-state index in [9.17, 15) is 14.0 Å². The van der Waals surface area contributed by atoms with E-state index in [1.54, 1.807) is 32.6 Å². The maximum Gasteiger partial charge on any atom is 0.488 e. The van der Waals surface area contributed by atoms with Crippen LogP contribution in [0.4, 0.5) is 9.18 Å². The van der Waals surface area contributed by atoms with Crippen LogP contribution >= 0.6 is 0 Å². The predicted molar refractivity (Wildman–Crippen MR) is 94.5 cm³/mol. The number of ether oxygens (including phenoxy) is 1. The quantitative estimate of drug-likeness (QED) is 0.748. The Kier molecular flexibility index (Phi) is 5.93. The first-order valence-electron chi connectivity index (χ1n) is 8.44. The number of nitrogens with zero attached hydrogens (tertiary/aromatic N) is 2. The van der Waals surface area contributed by atoms with E-state index in [1.807, 2.05) is 0 Å². The maximum atomic E-state index is 14.1. The number of piperazine rings is 1. The highest BCUT2D eigenvalue weighted by molar-refractivity contribution is 6.58. The Balaban J connectivity index is 2.06. The molecule has 1 heterocycles. The van der Waals surface area contributed by atoms with Crippen molar-refractivity contribution in [1.82, 2.24) is 9.80 Å². The molecule has 142 valence electrons. The average molecular weight is 366 g/mol. The van der Waals surface area contributed by atoms with Crippen molar-refractivity contribution in [3.63, 3.8) is 0 Å². The zero-order chi connectivity index (χ0) is 19.6. The molecule has 26 heavy (non-hydrogen) atoms. The molecule has 1 unspecified atom stereocenters. The van der Waals surface area contributed by atoms with Gasteiger partial charge in [0.1, 0.15) is 11.4 Å². The summed E-state index contributed by atoms with van der Waals surface area (Å²) in [5, 5.41) is 18.1. The van der Waals surface area contributed by atoms with Crippen LogP contribution in [0.1, 0.15) is 38.1 Å². The minimum atomic E-state index is -1.80. The van der Waals surface area contributed by atoms with E-state index < -0.39 is 30.5 Å². The molecular formula is C17H24BFN2O5.